The minimum atomic E-state index is -0.249. The Morgan fingerprint density at radius 3 is 2.64 bits per heavy atom. The minimum absolute atomic E-state index is 0. The molecule has 4 heteroatoms. The Morgan fingerprint density at radius 1 is 1.43 bits per heavy atom. The van der Waals surface area contributed by atoms with Gasteiger partial charge in [0.15, 0.2) is 0 Å². The Morgan fingerprint density at radius 2 is 2.07 bits per heavy atom. The maximum atomic E-state index is 8.77. The highest BCUT2D eigenvalue weighted by Gasteiger charge is 2.08. The molecule has 0 unspecified atom stereocenters. The smallest absolute Gasteiger partial charge is 0.0995 e. The van der Waals surface area contributed by atoms with Crippen LogP contribution < -0.4 is 5.73 Å². The van der Waals surface area contributed by atoms with Crippen LogP contribution in [0.1, 0.15) is 23.6 Å². The molecule has 0 aliphatic carbocycles. The lowest BCUT2D eigenvalue weighted by molar-refractivity contribution is 0.276. The summed E-state index contributed by atoms with van der Waals surface area (Å²) in [6.07, 6.45) is 0.485. The molecule has 1 aromatic carbocycles. The highest BCUT2D eigenvalue weighted by Crippen LogP contribution is 2.17. The summed E-state index contributed by atoms with van der Waals surface area (Å²) in [5.41, 5.74) is 7.16. The fourth-order valence-corrected chi connectivity index (χ4v) is 1.22. The van der Waals surface area contributed by atoms with Gasteiger partial charge in [-0.2, -0.15) is 5.26 Å². The zero-order chi connectivity index (χ0) is 9.68. The summed E-state index contributed by atoms with van der Waals surface area (Å²) in [5, 5.41) is 17.5. The van der Waals surface area contributed by atoms with Crippen LogP contribution >= 0.6 is 12.4 Å². The van der Waals surface area contributed by atoms with Crippen LogP contribution in [0, 0.1) is 11.3 Å². The van der Waals surface area contributed by atoms with Crippen molar-refractivity contribution in [2.75, 3.05) is 6.61 Å². The second-order valence-electron chi connectivity index (χ2n) is 2.82. The van der Waals surface area contributed by atoms with Crippen LogP contribution in [0.3, 0.4) is 0 Å². The van der Waals surface area contributed by atoms with Gasteiger partial charge >= 0.3 is 0 Å². The van der Waals surface area contributed by atoms with E-state index in [-0.39, 0.29) is 25.1 Å². The summed E-state index contributed by atoms with van der Waals surface area (Å²) in [5.74, 6) is 0. The van der Waals surface area contributed by atoms with Crippen molar-refractivity contribution >= 4 is 12.4 Å². The normalized spacial score (nSPS) is 11.2. The van der Waals surface area contributed by atoms with Crippen molar-refractivity contribution in [1.82, 2.24) is 0 Å². The molecule has 0 aromatic heterocycles. The van der Waals surface area contributed by atoms with Crippen LogP contribution in [0.4, 0.5) is 0 Å². The molecular formula is C10H13ClN2O. The third-order valence-corrected chi connectivity index (χ3v) is 1.92. The first-order chi connectivity index (χ1) is 6.29. The van der Waals surface area contributed by atoms with E-state index in [1.165, 1.54) is 0 Å². The topological polar surface area (TPSA) is 70.0 Å². The Labute approximate surface area is 89.6 Å². The van der Waals surface area contributed by atoms with E-state index in [1.807, 2.05) is 12.1 Å². The summed E-state index contributed by atoms with van der Waals surface area (Å²) >= 11 is 0. The first-order valence-corrected chi connectivity index (χ1v) is 4.15. The molecule has 0 aliphatic rings. The molecule has 0 amide bonds. The number of hydrogen-bond donors (Lipinski definition) is 2. The van der Waals surface area contributed by atoms with Crippen molar-refractivity contribution in [3.63, 3.8) is 0 Å². The molecule has 0 radical (unpaired) electrons. The standard InChI is InChI=1S/C10H12N2O.ClH/c11-7-8-3-1-2-4-9(8)10(12)5-6-13;/h1-4,10,13H,5-6,12H2;1H/t10-;/m0./s1. The lowest BCUT2D eigenvalue weighted by Crippen LogP contribution is -2.13. The molecule has 0 fully saturated rings. The van der Waals surface area contributed by atoms with Crippen molar-refractivity contribution in [2.45, 2.75) is 12.5 Å². The molecule has 1 aromatic rings. The first-order valence-electron chi connectivity index (χ1n) is 4.15. The van der Waals surface area contributed by atoms with E-state index in [0.717, 1.165) is 5.56 Å². The maximum Gasteiger partial charge on any atom is 0.0995 e. The Balaban J connectivity index is 0.00000169. The lowest BCUT2D eigenvalue weighted by Gasteiger charge is -2.11. The van der Waals surface area contributed by atoms with E-state index in [2.05, 4.69) is 6.07 Å². The third-order valence-electron chi connectivity index (χ3n) is 1.92. The van der Waals surface area contributed by atoms with E-state index in [0.29, 0.717) is 12.0 Å². The summed E-state index contributed by atoms with van der Waals surface area (Å²) in [7, 11) is 0. The predicted molar refractivity (Wildman–Crippen MR) is 57.0 cm³/mol. The van der Waals surface area contributed by atoms with Gasteiger partial charge < -0.3 is 10.8 Å². The van der Waals surface area contributed by atoms with E-state index in [9.17, 15) is 0 Å². The number of benzene rings is 1. The van der Waals surface area contributed by atoms with Crippen molar-refractivity contribution < 1.29 is 5.11 Å². The van der Waals surface area contributed by atoms with E-state index in [4.69, 9.17) is 16.1 Å². The summed E-state index contributed by atoms with van der Waals surface area (Å²) in [4.78, 5) is 0. The first kappa shape index (κ1) is 12.9. The van der Waals surface area contributed by atoms with Crippen LogP contribution in [0.25, 0.3) is 0 Å². The highest BCUT2D eigenvalue weighted by atomic mass is 35.5. The van der Waals surface area contributed by atoms with Crippen LogP contribution in [0.2, 0.25) is 0 Å². The minimum Gasteiger partial charge on any atom is -0.396 e. The van der Waals surface area contributed by atoms with Gasteiger partial charge in [-0.05, 0) is 18.1 Å². The average molecular weight is 213 g/mol. The molecule has 3 N–H and O–H groups in total. The van der Waals surface area contributed by atoms with Crippen molar-refractivity contribution in [1.29, 1.82) is 5.26 Å². The zero-order valence-electron chi connectivity index (χ0n) is 7.68. The van der Waals surface area contributed by atoms with Crippen LogP contribution in [-0.4, -0.2) is 11.7 Å². The number of nitriles is 1. The van der Waals surface area contributed by atoms with Gasteiger partial charge in [0.25, 0.3) is 0 Å². The molecule has 0 spiro atoms. The van der Waals surface area contributed by atoms with Gasteiger partial charge in [0.2, 0.25) is 0 Å². The van der Waals surface area contributed by atoms with Crippen LogP contribution in [0.15, 0.2) is 24.3 Å². The summed E-state index contributed by atoms with van der Waals surface area (Å²) in [6, 6.07) is 9.01. The second-order valence-corrected chi connectivity index (χ2v) is 2.82. The molecule has 3 nitrogen and oxygen atoms in total. The molecule has 76 valence electrons. The predicted octanol–water partition coefficient (Wildman–Crippen LogP) is 1.36. The van der Waals surface area contributed by atoms with Gasteiger partial charge in [-0.25, -0.2) is 0 Å². The van der Waals surface area contributed by atoms with Gasteiger partial charge in [0, 0.05) is 12.6 Å². The number of aliphatic hydroxyl groups excluding tert-OH is 1. The van der Waals surface area contributed by atoms with E-state index < -0.39 is 0 Å². The highest BCUT2D eigenvalue weighted by molar-refractivity contribution is 5.85. The van der Waals surface area contributed by atoms with Crippen LogP contribution in [0.5, 0.6) is 0 Å². The second kappa shape index (κ2) is 6.39. The number of nitrogens with zero attached hydrogens (tertiary/aromatic N) is 1. The molecule has 14 heavy (non-hydrogen) atoms. The van der Waals surface area contributed by atoms with Gasteiger partial charge in [-0.1, -0.05) is 18.2 Å². The summed E-state index contributed by atoms with van der Waals surface area (Å²) < 4.78 is 0. The van der Waals surface area contributed by atoms with Gasteiger partial charge in [0.1, 0.15) is 0 Å². The molecule has 0 aliphatic heterocycles. The van der Waals surface area contributed by atoms with Crippen LogP contribution in [-0.2, 0) is 0 Å². The molecule has 0 heterocycles. The largest absolute Gasteiger partial charge is 0.396 e. The van der Waals surface area contributed by atoms with E-state index >= 15 is 0 Å². The molecule has 1 atom stereocenters. The number of nitrogens with two attached hydrogens (primary N) is 1. The SMILES string of the molecule is Cl.N#Cc1ccccc1[C@@H](N)CCO. The van der Waals surface area contributed by atoms with Gasteiger partial charge in [0.05, 0.1) is 11.6 Å². The quantitative estimate of drug-likeness (QED) is 0.795. The molecule has 0 saturated heterocycles. The number of halogens is 1. The van der Waals surface area contributed by atoms with E-state index in [1.54, 1.807) is 12.1 Å². The van der Waals surface area contributed by atoms with Crippen molar-refractivity contribution in [3.05, 3.63) is 35.4 Å². The van der Waals surface area contributed by atoms with Crippen molar-refractivity contribution in [3.8, 4) is 6.07 Å². The third kappa shape index (κ3) is 3.00. The monoisotopic (exact) mass is 212 g/mol. The average Bonchev–Trinajstić information content (AvgIpc) is 2.18. The number of hydrogen-bond acceptors (Lipinski definition) is 3. The molecule has 0 bridgehead atoms. The molecule has 1 rings (SSSR count). The van der Waals surface area contributed by atoms with Gasteiger partial charge in [-0.3, -0.25) is 0 Å². The molecular weight excluding hydrogens is 200 g/mol. The summed E-state index contributed by atoms with van der Waals surface area (Å²) in [6.45, 7) is 0.0426. The van der Waals surface area contributed by atoms with Crippen molar-refractivity contribution in [2.24, 2.45) is 5.73 Å². The van der Waals surface area contributed by atoms with Gasteiger partial charge in [-0.15, -0.1) is 12.4 Å². The number of rotatable bonds is 3. The molecule has 0 saturated carbocycles. The Bertz CT molecular complexity index is 322. The lowest BCUT2D eigenvalue weighted by atomic mass is 10.00. The fraction of sp³-hybridized carbons (Fsp3) is 0.300. The zero-order valence-corrected chi connectivity index (χ0v) is 8.50. The Hall–Kier alpha value is -1.08. The fourth-order valence-electron chi connectivity index (χ4n) is 1.22. The number of aliphatic hydroxyl groups is 1. The maximum absolute atomic E-state index is 8.77. The Kier molecular flexibility index (Phi) is 5.89.